The van der Waals surface area contributed by atoms with E-state index in [9.17, 15) is 9.59 Å². The summed E-state index contributed by atoms with van der Waals surface area (Å²) in [6.45, 7) is 1.84. The minimum Gasteiger partial charge on any atom is -0.321 e. The molecular weight excluding hydrogens is 266 g/mol. The molecular formula is C16H13N3O2. The Balaban J connectivity index is 2.00. The fourth-order valence-corrected chi connectivity index (χ4v) is 2.11. The molecule has 0 saturated carbocycles. The van der Waals surface area contributed by atoms with Crippen LogP contribution in [0.2, 0.25) is 0 Å². The van der Waals surface area contributed by atoms with Crippen molar-refractivity contribution in [3.63, 3.8) is 0 Å². The van der Waals surface area contributed by atoms with E-state index in [0.29, 0.717) is 11.3 Å². The van der Waals surface area contributed by atoms with Gasteiger partial charge in [-0.05, 0) is 36.1 Å². The number of hydrogen-bond donors (Lipinski definition) is 2. The Morgan fingerprint density at radius 1 is 1.19 bits per heavy atom. The molecule has 0 aliphatic heterocycles. The molecule has 0 aliphatic rings. The third-order valence-electron chi connectivity index (χ3n) is 3.24. The van der Waals surface area contributed by atoms with Crippen LogP contribution < -0.4 is 10.9 Å². The zero-order chi connectivity index (χ0) is 14.8. The number of nitrogens with zero attached hydrogens (tertiary/aromatic N) is 1. The van der Waals surface area contributed by atoms with Gasteiger partial charge in [-0.3, -0.25) is 9.59 Å². The Morgan fingerprint density at radius 2 is 2.00 bits per heavy atom. The van der Waals surface area contributed by atoms with Gasteiger partial charge < -0.3 is 10.3 Å². The van der Waals surface area contributed by atoms with Crippen LogP contribution in [0.25, 0.3) is 10.9 Å². The number of aromatic amines is 1. The van der Waals surface area contributed by atoms with Crippen LogP contribution in [-0.2, 0) is 0 Å². The molecule has 0 aliphatic carbocycles. The highest BCUT2D eigenvalue weighted by Gasteiger charge is 2.13. The van der Waals surface area contributed by atoms with E-state index < -0.39 is 11.5 Å². The van der Waals surface area contributed by atoms with Crippen molar-refractivity contribution in [2.75, 3.05) is 5.32 Å². The number of pyridine rings is 2. The first-order valence-electron chi connectivity index (χ1n) is 6.50. The quantitative estimate of drug-likeness (QED) is 0.756. The molecule has 1 aromatic carbocycles. The molecule has 5 nitrogen and oxygen atoms in total. The van der Waals surface area contributed by atoms with Gasteiger partial charge in [-0.2, -0.15) is 0 Å². The van der Waals surface area contributed by atoms with E-state index in [1.807, 2.05) is 31.2 Å². The maximum atomic E-state index is 12.3. The molecule has 104 valence electrons. The molecule has 2 heterocycles. The summed E-state index contributed by atoms with van der Waals surface area (Å²) in [6, 6.07) is 12.5. The second kappa shape index (κ2) is 5.20. The zero-order valence-corrected chi connectivity index (χ0v) is 11.4. The average molecular weight is 279 g/mol. The Morgan fingerprint density at radius 3 is 2.81 bits per heavy atom. The Hall–Kier alpha value is -2.95. The minimum atomic E-state index is -0.469. The van der Waals surface area contributed by atoms with Crippen LogP contribution in [0, 0.1) is 6.92 Å². The lowest BCUT2D eigenvalue weighted by Crippen LogP contribution is -2.23. The molecule has 0 atom stereocenters. The Labute approximate surface area is 120 Å². The number of para-hydroxylation sites is 1. The van der Waals surface area contributed by atoms with E-state index >= 15 is 0 Å². The van der Waals surface area contributed by atoms with E-state index in [4.69, 9.17) is 0 Å². The molecule has 0 saturated heterocycles. The van der Waals surface area contributed by atoms with Crippen molar-refractivity contribution >= 4 is 22.6 Å². The molecule has 2 aromatic heterocycles. The standard InChI is InChI=1S/C16H13N3O2/c1-10-5-4-8-17-14(10)19-16(21)12-9-11-6-2-3-7-13(11)18-15(12)20/h2-9H,1H3,(H,18,20)(H,17,19,21). The summed E-state index contributed by atoms with van der Waals surface area (Å²) in [6.07, 6.45) is 1.59. The first kappa shape index (κ1) is 13.1. The summed E-state index contributed by atoms with van der Waals surface area (Å²) < 4.78 is 0. The van der Waals surface area contributed by atoms with Crippen LogP contribution in [0.1, 0.15) is 15.9 Å². The molecule has 1 amide bonds. The number of fused-ring (bicyclic) bond motifs is 1. The molecule has 0 unspecified atom stereocenters. The molecule has 0 radical (unpaired) electrons. The number of aryl methyl sites for hydroxylation is 1. The van der Waals surface area contributed by atoms with Crippen LogP contribution in [0.4, 0.5) is 5.82 Å². The zero-order valence-electron chi connectivity index (χ0n) is 11.4. The van der Waals surface area contributed by atoms with Crippen molar-refractivity contribution < 1.29 is 4.79 Å². The summed E-state index contributed by atoms with van der Waals surface area (Å²) in [4.78, 5) is 31.1. The van der Waals surface area contributed by atoms with E-state index in [1.165, 1.54) is 0 Å². The lowest BCUT2D eigenvalue weighted by Gasteiger charge is -2.07. The van der Waals surface area contributed by atoms with E-state index in [1.54, 1.807) is 24.4 Å². The van der Waals surface area contributed by atoms with Crippen molar-refractivity contribution in [1.82, 2.24) is 9.97 Å². The van der Waals surface area contributed by atoms with E-state index in [2.05, 4.69) is 15.3 Å². The van der Waals surface area contributed by atoms with Gasteiger partial charge in [0, 0.05) is 11.7 Å². The number of hydrogen-bond acceptors (Lipinski definition) is 3. The lowest BCUT2D eigenvalue weighted by molar-refractivity contribution is 0.102. The van der Waals surface area contributed by atoms with Crippen molar-refractivity contribution in [2.45, 2.75) is 6.92 Å². The largest absolute Gasteiger partial charge is 0.321 e. The first-order chi connectivity index (χ1) is 10.1. The molecule has 3 aromatic rings. The number of amides is 1. The number of carbonyl (C=O) groups excluding carboxylic acids is 1. The number of nitrogens with one attached hydrogen (secondary N) is 2. The molecule has 0 fully saturated rings. The third-order valence-corrected chi connectivity index (χ3v) is 3.24. The normalized spacial score (nSPS) is 10.5. The molecule has 0 bridgehead atoms. The van der Waals surface area contributed by atoms with Gasteiger partial charge in [0.1, 0.15) is 11.4 Å². The lowest BCUT2D eigenvalue weighted by atomic mass is 10.1. The highest BCUT2D eigenvalue weighted by Crippen LogP contribution is 2.13. The van der Waals surface area contributed by atoms with Crippen LogP contribution in [0.15, 0.2) is 53.5 Å². The number of carbonyl (C=O) groups is 1. The van der Waals surface area contributed by atoms with Gasteiger partial charge >= 0.3 is 0 Å². The number of anilines is 1. The highest BCUT2D eigenvalue weighted by molar-refractivity contribution is 6.05. The van der Waals surface area contributed by atoms with Crippen LogP contribution in [0.3, 0.4) is 0 Å². The van der Waals surface area contributed by atoms with Crippen molar-refractivity contribution in [1.29, 1.82) is 0 Å². The van der Waals surface area contributed by atoms with E-state index in [-0.39, 0.29) is 5.56 Å². The molecule has 5 heteroatoms. The highest BCUT2D eigenvalue weighted by atomic mass is 16.2. The Bertz CT molecular complexity index is 884. The van der Waals surface area contributed by atoms with Gasteiger partial charge in [0.15, 0.2) is 0 Å². The minimum absolute atomic E-state index is 0.0683. The predicted octanol–water partition coefficient (Wildman–Crippen LogP) is 2.48. The van der Waals surface area contributed by atoms with Gasteiger partial charge in [0.2, 0.25) is 0 Å². The summed E-state index contributed by atoms with van der Waals surface area (Å²) in [5.74, 6) is -0.0149. The van der Waals surface area contributed by atoms with Crippen LogP contribution in [-0.4, -0.2) is 15.9 Å². The first-order valence-corrected chi connectivity index (χ1v) is 6.50. The summed E-state index contributed by atoms with van der Waals surface area (Å²) in [7, 11) is 0. The number of benzene rings is 1. The smallest absolute Gasteiger partial charge is 0.262 e. The summed E-state index contributed by atoms with van der Waals surface area (Å²) >= 11 is 0. The van der Waals surface area contributed by atoms with Gasteiger partial charge in [-0.1, -0.05) is 24.3 Å². The fourth-order valence-electron chi connectivity index (χ4n) is 2.11. The van der Waals surface area contributed by atoms with Crippen molar-refractivity contribution in [3.8, 4) is 0 Å². The van der Waals surface area contributed by atoms with Crippen molar-refractivity contribution in [3.05, 3.63) is 70.1 Å². The topological polar surface area (TPSA) is 74.8 Å². The number of rotatable bonds is 2. The monoisotopic (exact) mass is 279 g/mol. The van der Waals surface area contributed by atoms with Gasteiger partial charge in [0.25, 0.3) is 11.5 Å². The molecule has 0 spiro atoms. The maximum Gasteiger partial charge on any atom is 0.262 e. The predicted molar refractivity (Wildman–Crippen MR) is 81.5 cm³/mol. The second-order valence-electron chi connectivity index (χ2n) is 4.72. The van der Waals surface area contributed by atoms with Crippen molar-refractivity contribution in [2.24, 2.45) is 0 Å². The molecule has 2 N–H and O–H groups in total. The maximum absolute atomic E-state index is 12.3. The van der Waals surface area contributed by atoms with Gasteiger partial charge in [0.05, 0.1) is 0 Å². The number of aromatic nitrogens is 2. The average Bonchev–Trinajstić information content (AvgIpc) is 2.49. The number of H-pyrrole nitrogens is 1. The summed E-state index contributed by atoms with van der Waals surface area (Å²) in [5, 5.41) is 3.47. The van der Waals surface area contributed by atoms with Gasteiger partial charge in [-0.25, -0.2) is 4.98 Å². The SMILES string of the molecule is Cc1cccnc1NC(=O)c1cc2ccccc2[nH]c1=O. The molecule has 21 heavy (non-hydrogen) atoms. The van der Waals surface area contributed by atoms with Crippen LogP contribution in [0.5, 0.6) is 0 Å². The summed E-state index contributed by atoms with van der Waals surface area (Å²) in [5.41, 5.74) is 1.19. The second-order valence-corrected chi connectivity index (χ2v) is 4.72. The Kier molecular flexibility index (Phi) is 3.23. The molecule has 3 rings (SSSR count). The van der Waals surface area contributed by atoms with E-state index in [0.717, 1.165) is 10.9 Å². The fraction of sp³-hybridized carbons (Fsp3) is 0.0625. The van der Waals surface area contributed by atoms with Gasteiger partial charge in [-0.15, -0.1) is 0 Å². The van der Waals surface area contributed by atoms with Crippen LogP contribution >= 0.6 is 0 Å². The third kappa shape index (κ3) is 2.53.